The summed E-state index contributed by atoms with van der Waals surface area (Å²) in [5.74, 6) is 0.998. The molecule has 0 unspecified atom stereocenters. The fraction of sp³-hybridized carbons (Fsp3) is 0.500. The molecule has 1 saturated heterocycles. The second-order valence-corrected chi connectivity index (χ2v) is 5.22. The number of thioether (sulfide) groups is 1. The quantitative estimate of drug-likeness (QED) is 0.464. The highest BCUT2D eigenvalue weighted by molar-refractivity contribution is 7.99. The molecule has 1 aliphatic heterocycles. The van der Waals surface area contributed by atoms with E-state index in [4.69, 9.17) is 4.74 Å². The maximum absolute atomic E-state index is 10.5. The molecule has 0 radical (unpaired) electrons. The first kappa shape index (κ1) is 13.3. The van der Waals surface area contributed by atoms with Crippen LogP contribution in [0.5, 0.6) is 0 Å². The third-order valence-electron chi connectivity index (χ3n) is 2.83. The van der Waals surface area contributed by atoms with Crippen molar-refractivity contribution in [1.29, 1.82) is 0 Å². The van der Waals surface area contributed by atoms with E-state index in [0.29, 0.717) is 0 Å². The molecule has 2 rings (SSSR count). The molecule has 0 aliphatic carbocycles. The summed E-state index contributed by atoms with van der Waals surface area (Å²) < 4.78 is 5.29. The Morgan fingerprint density at radius 1 is 1.28 bits per heavy atom. The van der Waals surface area contributed by atoms with Gasteiger partial charge in [-0.1, -0.05) is 0 Å². The first-order chi connectivity index (χ1) is 8.75. The van der Waals surface area contributed by atoms with E-state index in [0.717, 1.165) is 43.5 Å². The average Bonchev–Trinajstić information content (AvgIpc) is 2.40. The Balaban J connectivity index is 1.74. The topological polar surface area (TPSA) is 55.6 Å². The Labute approximate surface area is 110 Å². The SMILES string of the molecule is O=[N+]([O-])c1ccc(SCCN2CCOCC2)cc1. The lowest BCUT2D eigenvalue weighted by Gasteiger charge is -2.26. The van der Waals surface area contributed by atoms with Gasteiger partial charge in [-0.15, -0.1) is 11.8 Å². The molecule has 1 heterocycles. The van der Waals surface area contributed by atoms with Gasteiger partial charge in [0.15, 0.2) is 0 Å². The highest BCUT2D eigenvalue weighted by Gasteiger charge is 2.10. The van der Waals surface area contributed by atoms with Gasteiger partial charge in [-0.05, 0) is 12.1 Å². The van der Waals surface area contributed by atoms with Crippen LogP contribution in [0.2, 0.25) is 0 Å². The van der Waals surface area contributed by atoms with Crippen LogP contribution >= 0.6 is 11.8 Å². The van der Waals surface area contributed by atoms with Crippen molar-refractivity contribution < 1.29 is 9.66 Å². The predicted octanol–water partition coefficient (Wildman–Crippen LogP) is 2.02. The lowest BCUT2D eigenvalue weighted by atomic mass is 10.3. The van der Waals surface area contributed by atoms with E-state index in [1.165, 1.54) is 0 Å². The lowest BCUT2D eigenvalue weighted by Crippen LogP contribution is -2.37. The monoisotopic (exact) mass is 268 g/mol. The van der Waals surface area contributed by atoms with Crippen LogP contribution in [0, 0.1) is 10.1 Å². The minimum Gasteiger partial charge on any atom is -0.379 e. The third kappa shape index (κ3) is 3.97. The van der Waals surface area contributed by atoms with Gasteiger partial charge in [0.25, 0.3) is 5.69 Å². The second kappa shape index (κ2) is 6.72. The molecule has 1 aliphatic rings. The van der Waals surface area contributed by atoms with E-state index in [2.05, 4.69) is 4.90 Å². The zero-order chi connectivity index (χ0) is 12.8. The summed E-state index contributed by atoms with van der Waals surface area (Å²) in [6.45, 7) is 4.68. The Kier molecular flexibility index (Phi) is 4.98. The van der Waals surface area contributed by atoms with Crippen molar-refractivity contribution in [2.75, 3.05) is 38.6 Å². The van der Waals surface area contributed by atoms with Crippen LogP contribution in [0.1, 0.15) is 0 Å². The summed E-state index contributed by atoms with van der Waals surface area (Å²) in [5, 5.41) is 10.5. The summed E-state index contributed by atoms with van der Waals surface area (Å²) in [6, 6.07) is 6.72. The van der Waals surface area contributed by atoms with Crippen LogP contribution in [0.15, 0.2) is 29.2 Å². The Hall–Kier alpha value is -1.11. The Morgan fingerprint density at radius 2 is 1.94 bits per heavy atom. The van der Waals surface area contributed by atoms with Crippen molar-refractivity contribution in [1.82, 2.24) is 4.90 Å². The molecule has 0 atom stereocenters. The molecule has 6 heteroatoms. The van der Waals surface area contributed by atoms with Crippen molar-refractivity contribution in [2.24, 2.45) is 0 Å². The summed E-state index contributed by atoms with van der Waals surface area (Å²) in [5.41, 5.74) is 0.146. The normalized spacial score (nSPS) is 16.7. The molecule has 1 aromatic carbocycles. The molecule has 98 valence electrons. The third-order valence-corrected chi connectivity index (χ3v) is 3.82. The van der Waals surface area contributed by atoms with Gasteiger partial charge in [-0.3, -0.25) is 15.0 Å². The van der Waals surface area contributed by atoms with Gasteiger partial charge in [-0.2, -0.15) is 0 Å². The van der Waals surface area contributed by atoms with Gasteiger partial charge in [-0.25, -0.2) is 0 Å². The van der Waals surface area contributed by atoms with Gasteiger partial charge in [0.05, 0.1) is 18.1 Å². The summed E-state index contributed by atoms with van der Waals surface area (Å²) in [7, 11) is 0. The number of hydrogen-bond acceptors (Lipinski definition) is 5. The molecule has 0 aromatic heterocycles. The number of nitrogens with zero attached hydrogens (tertiary/aromatic N) is 2. The molecule has 0 N–H and O–H groups in total. The number of morpholine rings is 1. The van der Waals surface area contributed by atoms with Crippen molar-refractivity contribution in [3.8, 4) is 0 Å². The summed E-state index contributed by atoms with van der Waals surface area (Å²) in [4.78, 5) is 13.6. The van der Waals surface area contributed by atoms with Crippen molar-refractivity contribution in [3.63, 3.8) is 0 Å². The fourth-order valence-electron chi connectivity index (χ4n) is 1.78. The predicted molar refractivity (Wildman–Crippen MR) is 71.1 cm³/mol. The highest BCUT2D eigenvalue weighted by atomic mass is 32.2. The molecule has 1 fully saturated rings. The second-order valence-electron chi connectivity index (χ2n) is 4.05. The van der Waals surface area contributed by atoms with Crippen molar-refractivity contribution >= 4 is 17.4 Å². The number of non-ortho nitro benzene ring substituents is 1. The molecule has 0 saturated carbocycles. The molecule has 0 spiro atoms. The number of nitro benzene ring substituents is 1. The number of hydrogen-bond donors (Lipinski definition) is 0. The minimum atomic E-state index is -0.373. The van der Waals surface area contributed by atoms with Gasteiger partial charge < -0.3 is 4.74 Å². The first-order valence-electron chi connectivity index (χ1n) is 5.93. The van der Waals surface area contributed by atoms with E-state index >= 15 is 0 Å². The number of rotatable bonds is 5. The molecular weight excluding hydrogens is 252 g/mol. The van der Waals surface area contributed by atoms with Crippen LogP contribution in [-0.4, -0.2) is 48.4 Å². The molecular formula is C12H16N2O3S. The largest absolute Gasteiger partial charge is 0.379 e. The molecule has 18 heavy (non-hydrogen) atoms. The van der Waals surface area contributed by atoms with Crippen LogP contribution < -0.4 is 0 Å². The minimum absolute atomic E-state index is 0.146. The van der Waals surface area contributed by atoms with Gasteiger partial charge in [0, 0.05) is 42.4 Å². The number of benzene rings is 1. The summed E-state index contributed by atoms with van der Waals surface area (Å²) >= 11 is 1.73. The molecule has 5 nitrogen and oxygen atoms in total. The van der Waals surface area contributed by atoms with Crippen molar-refractivity contribution in [2.45, 2.75) is 4.90 Å². The van der Waals surface area contributed by atoms with Crippen LogP contribution in [0.3, 0.4) is 0 Å². The number of ether oxygens (including phenoxy) is 1. The average molecular weight is 268 g/mol. The Bertz CT molecular complexity index is 391. The van der Waals surface area contributed by atoms with E-state index < -0.39 is 0 Å². The van der Waals surface area contributed by atoms with E-state index in [1.807, 2.05) is 12.1 Å². The molecule has 0 amide bonds. The lowest BCUT2D eigenvalue weighted by molar-refractivity contribution is -0.384. The smallest absolute Gasteiger partial charge is 0.269 e. The van der Waals surface area contributed by atoms with E-state index in [-0.39, 0.29) is 10.6 Å². The zero-order valence-electron chi connectivity index (χ0n) is 10.1. The first-order valence-corrected chi connectivity index (χ1v) is 6.91. The van der Waals surface area contributed by atoms with Crippen LogP contribution in [-0.2, 0) is 4.74 Å². The highest BCUT2D eigenvalue weighted by Crippen LogP contribution is 2.21. The molecule has 0 bridgehead atoms. The maximum atomic E-state index is 10.5. The summed E-state index contributed by atoms with van der Waals surface area (Å²) in [6.07, 6.45) is 0. The fourth-order valence-corrected chi connectivity index (χ4v) is 2.70. The van der Waals surface area contributed by atoms with Gasteiger partial charge >= 0.3 is 0 Å². The zero-order valence-corrected chi connectivity index (χ0v) is 10.9. The van der Waals surface area contributed by atoms with E-state index in [1.54, 1.807) is 23.9 Å². The van der Waals surface area contributed by atoms with Crippen molar-refractivity contribution in [3.05, 3.63) is 34.4 Å². The maximum Gasteiger partial charge on any atom is 0.269 e. The van der Waals surface area contributed by atoms with Crippen LogP contribution in [0.25, 0.3) is 0 Å². The number of nitro groups is 1. The standard InChI is InChI=1S/C12H16N2O3S/c15-14(16)11-1-3-12(4-2-11)18-10-7-13-5-8-17-9-6-13/h1-4H,5-10H2. The molecule has 1 aromatic rings. The Morgan fingerprint density at radius 3 is 2.56 bits per heavy atom. The van der Waals surface area contributed by atoms with Crippen LogP contribution in [0.4, 0.5) is 5.69 Å². The van der Waals surface area contributed by atoms with E-state index in [9.17, 15) is 10.1 Å². The van der Waals surface area contributed by atoms with Gasteiger partial charge in [0.2, 0.25) is 0 Å². The van der Waals surface area contributed by atoms with Gasteiger partial charge in [0.1, 0.15) is 0 Å².